The summed E-state index contributed by atoms with van der Waals surface area (Å²) in [4.78, 5) is 11.7. The van der Waals surface area contributed by atoms with Crippen LogP contribution in [0.25, 0.3) is 0 Å². The monoisotopic (exact) mass is 230 g/mol. The highest BCUT2D eigenvalue weighted by Crippen LogP contribution is 2.13. The number of aryl methyl sites for hydroxylation is 1. The number of benzene rings is 1. The SMILES string of the molecule is CCCc1ccc(NC(=O)C(C#N)CC)cc1. The molecule has 3 heteroatoms. The summed E-state index contributed by atoms with van der Waals surface area (Å²) in [6, 6.07) is 9.77. The van der Waals surface area contributed by atoms with Gasteiger partial charge >= 0.3 is 0 Å². The van der Waals surface area contributed by atoms with Crippen LogP contribution in [-0.2, 0) is 11.2 Å². The Morgan fingerprint density at radius 1 is 1.35 bits per heavy atom. The van der Waals surface area contributed by atoms with Gasteiger partial charge in [0.25, 0.3) is 0 Å². The zero-order chi connectivity index (χ0) is 12.7. The molecule has 0 aliphatic heterocycles. The summed E-state index contributed by atoms with van der Waals surface area (Å²) >= 11 is 0. The molecule has 1 amide bonds. The van der Waals surface area contributed by atoms with Crippen LogP contribution < -0.4 is 5.32 Å². The van der Waals surface area contributed by atoms with E-state index in [2.05, 4.69) is 12.2 Å². The van der Waals surface area contributed by atoms with Gasteiger partial charge in [-0.3, -0.25) is 4.79 Å². The lowest BCUT2D eigenvalue weighted by molar-refractivity contribution is -0.118. The smallest absolute Gasteiger partial charge is 0.241 e. The zero-order valence-corrected chi connectivity index (χ0v) is 10.4. The fraction of sp³-hybridized carbons (Fsp3) is 0.429. The van der Waals surface area contributed by atoms with E-state index in [4.69, 9.17) is 5.26 Å². The normalized spacial score (nSPS) is 11.6. The molecular formula is C14H18N2O. The Hall–Kier alpha value is -1.82. The highest BCUT2D eigenvalue weighted by atomic mass is 16.1. The molecule has 0 fully saturated rings. The van der Waals surface area contributed by atoms with Crippen molar-refractivity contribution in [1.29, 1.82) is 5.26 Å². The molecule has 0 aliphatic rings. The van der Waals surface area contributed by atoms with E-state index in [1.807, 2.05) is 37.3 Å². The Morgan fingerprint density at radius 3 is 2.47 bits per heavy atom. The van der Waals surface area contributed by atoms with Crippen molar-refractivity contribution in [2.45, 2.75) is 33.1 Å². The van der Waals surface area contributed by atoms with E-state index in [0.717, 1.165) is 18.5 Å². The molecule has 0 saturated carbocycles. The van der Waals surface area contributed by atoms with Crippen LogP contribution in [0, 0.1) is 17.2 Å². The second kappa shape index (κ2) is 6.70. The van der Waals surface area contributed by atoms with Crippen molar-refractivity contribution < 1.29 is 4.79 Å². The molecule has 1 rings (SSSR count). The van der Waals surface area contributed by atoms with Crippen molar-refractivity contribution in [3.05, 3.63) is 29.8 Å². The van der Waals surface area contributed by atoms with Crippen molar-refractivity contribution in [2.75, 3.05) is 5.32 Å². The molecule has 1 N–H and O–H groups in total. The highest BCUT2D eigenvalue weighted by molar-refractivity contribution is 5.94. The molecule has 0 radical (unpaired) electrons. The summed E-state index contributed by atoms with van der Waals surface area (Å²) in [6.45, 7) is 3.96. The first kappa shape index (κ1) is 13.2. The van der Waals surface area contributed by atoms with E-state index < -0.39 is 5.92 Å². The second-order valence-electron chi connectivity index (χ2n) is 4.03. The molecule has 3 nitrogen and oxygen atoms in total. The second-order valence-corrected chi connectivity index (χ2v) is 4.03. The lowest BCUT2D eigenvalue weighted by Gasteiger charge is -2.08. The van der Waals surface area contributed by atoms with Crippen LogP contribution >= 0.6 is 0 Å². The van der Waals surface area contributed by atoms with Gasteiger partial charge < -0.3 is 5.32 Å². The van der Waals surface area contributed by atoms with Crippen molar-refractivity contribution in [3.63, 3.8) is 0 Å². The molecule has 0 aliphatic carbocycles. The number of nitrogens with zero attached hydrogens (tertiary/aromatic N) is 1. The van der Waals surface area contributed by atoms with E-state index in [9.17, 15) is 4.79 Å². The first-order valence-corrected chi connectivity index (χ1v) is 6.00. The maximum absolute atomic E-state index is 11.7. The van der Waals surface area contributed by atoms with Gasteiger partial charge in [0.1, 0.15) is 5.92 Å². The number of nitriles is 1. The fourth-order valence-corrected chi connectivity index (χ4v) is 1.61. The fourth-order valence-electron chi connectivity index (χ4n) is 1.61. The number of nitrogens with one attached hydrogen (secondary N) is 1. The molecule has 0 spiro atoms. The minimum Gasteiger partial charge on any atom is -0.325 e. The molecular weight excluding hydrogens is 212 g/mol. The maximum Gasteiger partial charge on any atom is 0.241 e. The van der Waals surface area contributed by atoms with E-state index in [0.29, 0.717) is 6.42 Å². The van der Waals surface area contributed by atoms with Crippen molar-refractivity contribution in [3.8, 4) is 6.07 Å². The van der Waals surface area contributed by atoms with E-state index in [1.165, 1.54) is 5.56 Å². The summed E-state index contributed by atoms with van der Waals surface area (Å²) in [7, 11) is 0. The summed E-state index contributed by atoms with van der Waals surface area (Å²) in [6.07, 6.45) is 2.69. The third kappa shape index (κ3) is 3.92. The summed E-state index contributed by atoms with van der Waals surface area (Å²) in [5.74, 6) is -0.788. The molecule has 0 heterocycles. The van der Waals surface area contributed by atoms with Gasteiger partial charge in [-0.05, 0) is 30.5 Å². The van der Waals surface area contributed by atoms with Gasteiger partial charge in [0, 0.05) is 5.69 Å². The minimum absolute atomic E-state index is 0.224. The molecule has 1 atom stereocenters. The number of hydrogen-bond donors (Lipinski definition) is 1. The molecule has 90 valence electrons. The third-order valence-electron chi connectivity index (χ3n) is 2.64. The largest absolute Gasteiger partial charge is 0.325 e. The van der Waals surface area contributed by atoms with Crippen LogP contribution in [0.15, 0.2) is 24.3 Å². The van der Waals surface area contributed by atoms with Gasteiger partial charge in [-0.1, -0.05) is 32.4 Å². The van der Waals surface area contributed by atoms with Crippen LogP contribution in [-0.4, -0.2) is 5.91 Å². The summed E-state index contributed by atoms with van der Waals surface area (Å²) in [5, 5.41) is 11.5. The lowest BCUT2D eigenvalue weighted by Crippen LogP contribution is -2.20. The van der Waals surface area contributed by atoms with Gasteiger partial charge in [0.05, 0.1) is 6.07 Å². The quantitative estimate of drug-likeness (QED) is 0.844. The number of carbonyl (C=O) groups excluding carboxylic acids is 1. The zero-order valence-electron chi connectivity index (χ0n) is 10.4. The van der Waals surface area contributed by atoms with Crippen molar-refractivity contribution >= 4 is 11.6 Å². The summed E-state index contributed by atoms with van der Waals surface area (Å²) < 4.78 is 0. The van der Waals surface area contributed by atoms with Crippen molar-refractivity contribution in [2.24, 2.45) is 5.92 Å². The first-order chi connectivity index (χ1) is 8.21. The Balaban J connectivity index is 2.63. The van der Waals surface area contributed by atoms with Crippen LogP contribution in [0.1, 0.15) is 32.3 Å². The first-order valence-electron chi connectivity index (χ1n) is 6.00. The average Bonchev–Trinajstić information content (AvgIpc) is 2.33. The number of anilines is 1. The van der Waals surface area contributed by atoms with Crippen LogP contribution in [0.2, 0.25) is 0 Å². The molecule has 1 aromatic rings. The highest BCUT2D eigenvalue weighted by Gasteiger charge is 2.14. The van der Waals surface area contributed by atoms with E-state index in [1.54, 1.807) is 0 Å². The molecule has 0 bridgehead atoms. The van der Waals surface area contributed by atoms with Gasteiger partial charge in [0.2, 0.25) is 5.91 Å². The standard InChI is InChI=1S/C14H18N2O/c1-3-5-11-6-8-13(9-7-11)16-14(17)12(4-2)10-15/h6-9,12H,3-5H2,1-2H3,(H,16,17). The predicted octanol–water partition coefficient (Wildman–Crippen LogP) is 3.13. The minimum atomic E-state index is -0.565. The lowest BCUT2D eigenvalue weighted by atomic mass is 10.1. The topological polar surface area (TPSA) is 52.9 Å². The van der Waals surface area contributed by atoms with Gasteiger partial charge in [-0.2, -0.15) is 5.26 Å². The van der Waals surface area contributed by atoms with Crippen LogP contribution in [0.3, 0.4) is 0 Å². The van der Waals surface area contributed by atoms with Gasteiger partial charge in [-0.15, -0.1) is 0 Å². The molecule has 1 aromatic carbocycles. The van der Waals surface area contributed by atoms with Gasteiger partial charge in [0.15, 0.2) is 0 Å². The maximum atomic E-state index is 11.7. The molecule has 17 heavy (non-hydrogen) atoms. The Bertz CT molecular complexity index is 403. The molecule has 0 saturated heterocycles. The van der Waals surface area contributed by atoms with Crippen molar-refractivity contribution in [1.82, 2.24) is 0 Å². The molecule has 1 unspecified atom stereocenters. The number of amides is 1. The Morgan fingerprint density at radius 2 is 2.00 bits per heavy atom. The third-order valence-corrected chi connectivity index (χ3v) is 2.64. The summed E-state index contributed by atoms with van der Waals surface area (Å²) in [5.41, 5.74) is 2.02. The molecule has 0 aromatic heterocycles. The Labute approximate surface area is 102 Å². The Kier molecular flexibility index (Phi) is 5.22. The average molecular weight is 230 g/mol. The van der Waals surface area contributed by atoms with E-state index >= 15 is 0 Å². The number of hydrogen-bond acceptors (Lipinski definition) is 2. The number of rotatable bonds is 5. The number of carbonyl (C=O) groups is 1. The predicted molar refractivity (Wildman–Crippen MR) is 68.5 cm³/mol. The van der Waals surface area contributed by atoms with Gasteiger partial charge in [-0.25, -0.2) is 0 Å². The van der Waals surface area contributed by atoms with E-state index in [-0.39, 0.29) is 5.91 Å². The van der Waals surface area contributed by atoms with Crippen LogP contribution in [0.4, 0.5) is 5.69 Å². The van der Waals surface area contributed by atoms with Crippen LogP contribution in [0.5, 0.6) is 0 Å².